The molecule has 150 valence electrons. The summed E-state index contributed by atoms with van der Waals surface area (Å²) in [5.74, 6) is -0.187. The molecule has 0 amide bonds. The maximum Gasteiger partial charge on any atom is 0.490 e. The van der Waals surface area contributed by atoms with E-state index in [0.717, 1.165) is 17.1 Å². The monoisotopic (exact) mass is 420 g/mol. The number of fused-ring (bicyclic) bond motifs is 1. The highest BCUT2D eigenvalue weighted by molar-refractivity contribution is 7.86. The molecule has 11 heteroatoms. The van der Waals surface area contributed by atoms with Gasteiger partial charge in [0.15, 0.2) is 11.0 Å². The summed E-state index contributed by atoms with van der Waals surface area (Å²) in [5.41, 5.74) is 1.31. The standard InChI is InChI=1S/C18H15F3N6OS/c1-11-22-10-16(27(11)18(19,20)21)14-7-6-13(9-23-14)29(28)25-15-5-3-4-12-8-24-26(2)17(12)15/h3-10,25H,1-2H3. The second-order valence-electron chi connectivity index (χ2n) is 6.26. The third-order valence-electron chi connectivity index (χ3n) is 4.37. The number of rotatable bonds is 4. The number of benzene rings is 1. The third kappa shape index (κ3) is 3.48. The van der Waals surface area contributed by atoms with E-state index in [4.69, 9.17) is 0 Å². The van der Waals surface area contributed by atoms with Crippen LogP contribution in [0.25, 0.3) is 22.3 Å². The minimum Gasteiger partial charge on any atom is -0.299 e. The lowest BCUT2D eigenvalue weighted by Crippen LogP contribution is -2.19. The Bertz CT molecular complexity index is 1210. The third-order valence-corrected chi connectivity index (χ3v) is 5.44. The van der Waals surface area contributed by atoms with E-state index in [1.165, 1.54) is 25.3 Å². The number of hydrogen-bond acceptors (Lipinski definition) is 4. The second kappa shape index (κ2) is 6.99. The van der Waals surface area contributed by atoms with E-state index in [-0.39, 0.29) is 21.8 Å². The predicted octanol–water partition coefficient (Wildman–Crippen LogP) is 3.75. The Labute approximate surface area is 165 Å². The van der Waals surface area contributed by atoms with Gasteiger partial charge in [0.25, 0.3) is 0 Å². The van der Waals surface area contributed by atoms with Crippen molar-refractivity contribution < 1.29 is 17.4 Å². The lowest BCUT2D eigenvalue weighted by Gasteiger charge is -2.13. The number of pyridine rings is 1. The van der Waals surface area contributed by atoms with Gasteiger partial charge in [-0.2, -0.15) is 5.10 Å². The number of aromatic nitrogens is 5. The van der Waals surface area contributed by atoms with Gasteiger partial charge in [0.05, 0.1) is 39.9 Å². The Morgan fingerprint density at radius 2 is 1.86 bits per heavy atom. The summed E-state index contributed by atoms with van der Waals surface area (Å²) in [6.45, 7) is 1.27. The van der Waals surface area contributed by atoms with E-state index in [9.17, 15) is 17.4 Å². The summed E-state index contributed by atoms with van der Waals surface area (Å²) in [6.07, 6.45) is -0.512. The van der Waals surface area contributed by atoms with Crippen molar-refractivity contribution in [3.8, 4) is 11.4 Å². The number of hydrogen-bond donors (Lipinski definition) is 1. The number of aryl methyl sites for hydroxylation is 2. The van der Waals surface area contributed by atoms with Gasteiger partial charge < -0.3 is 0 Å². The smallest absolute Gasteiger partial charge is 0.299 e. The fourth-order valence-corrected chi connectivity index (χ4v) is 3.88. The first kappa shape index (κ1) is 19.1. The second-order valence-corrected chi connectivity index (χ2v) is 7.47. The van der Waals surface area contributed by atoms with E-state index in [2.05, 4.69) is 19.8 Å². The number of anilines is 1. The highest BCUT2D eigenvalue weighted by atomic mass is 32.2. The quantitative estimate of drug-likeness (QED) is 0.546. The number of imidazole rings is 1. The molecule has 0 fully saturated rings. The number of para-hydroxylation sites is 1. The lowest BCUT2D eigenvalue weighted by molar-refractivity contribution is -0.203. The van der Waals surface area contributed by atoms with Gasteiger partial charge in [0.2, 0.25) is 0 Å². The van der Waals surface area contributed by atoms with Gasteiger partial charge in [-0.25, -0.2) is 13.8 Å². The Hall–Kier alpha value is -3.21. The Kier molecular flexibility index (Phi) is 4.61. The molecule has 0 aliphatic carbocycles. The van der Waals surface area contributed by atoms with E-state index >= 15 is 0 Å². The Balaban J connectivity index is 1.62. The Morgan fingerprint density at radius 3 is 2.55 bits per heavy atom. The summed E-state index contributed by atoms with van der Waals surface area (Å²) in [4.78, 5) is 8.11. The molecule has 0 aliphatic heterocycles. The van der Waals surface area contributed by atoms with Crippen LogP contribution in [0, 0.1) is 6.92 Å². The van der Waals surface area contributed by atoms with E-state index < -0.39 is 17.3 Å². The van der Waals surface area contributed by atoms with Crippen LogP contribution in [0.4, 0.5) is 18.9 Å². The van der Waals surface area contributed by atoms with Crippen LogP contribution in [0.3, 0.4) is 0 Å². The fourth-order valence-electron chi connectivity index (χ4n) is 3.06. The minimum absolute atomic E-state index is 0.0809. The summed E-state index contributed by atoms with van der Waals surface area (Å²) < 4.78 is 57.1. The van der Waals surface area contributed by atoms with Crippen molar-refractivity contribution >= 4 is 27.6 Å². The van der Waals surface area contributed by atoms with Gasteiger partial charge >= 0.3 is 6.30 Å². The van der Waals surface area contributed by atoms with Crippen molar-refractivity contribution in [1.82, 2.24) is 24.3 Å². The summed E-state index contributed by atoms with van der Waals surface area (Å²) in [7, 11) is 0.113. The average molecular weight is 420 g/mol. The maximum absolute atomic E-state index is 13.2. The lowest BCUT2D eigenvalue weighted by atomic mass is 10.2. The number of nitrogens with zero attached hydrogens (tertiary/aromatic N) is 5. The zero-order chi connectivity index (χ0) is 20.8. The number of halogens is 3. The highest BCUT2D eigenvalue weighted by Gasteiger charge is 2.35. The molecule has 29 heavy (non-hydrogen) atoms. The SMILES string of the molecule is Cc1ncc(-c2ccc(S(=O)Nc3cccc4cnn(C)c34)cn2)n1C(F)(F)F. The topological polar surface area (TPSA) is 77.6 Å². The van der Waals surface area contributed by atoms with Crippen molar-refractivity contribution in [2.24, 2.45) is 7.05 Å². The molecule has 0 saturated carbocycles. The molecule has 4 rings (SSSR count). The first-order valence-corrected chi connectivity index (χ1v) is 9.58. The summed E-state index contributed by atoms with van der Waals surface area (Å²) in [6, 6.07) is 8.33. The van der Waals surface area contributed by atoms with Crippen LogP contribution in [-0.2, 0) is 24.3 Å². The molecule has 0 radical (unpaired) electrons. The van der Waals surface area contributed by atoms with Crippen LogP contribution in [0.5, 0.6) is 0 Å². The normalized spacial score (nSPS) is 13.0. The van der Waals surface area contributed by atoms with Crippen LogP contribution < -0.4 is 4.72 Å². The average Bonchev–Trinajstić information content (AvgIpc) is 3.25. The molecule has 4 aromatic rings. The van der Waals surface area contributed by atoms with Gasteiger partial charge in [-0.05, 0) is 25.1 Å². The van der Waals surface area contributed by atoms with Crippen molar-refractivity contribution in [1.29, 1.82) is 0 Å². The molecule has 3 aromatic heterocycles. The molecule has 1 N–H and O–H groups in total. The molecule has 0 spiro atoms. The van der Waals surface area contributed by atoms with Crippen LogP contribution in [0.15, 0.2) is 53.8 Å². The molecule has 3 heterocycles. The van der Waals surface area contributed by atoms with Gasteiger partial charge in [0.1, 0.15) is 5.82 Å². The van der Waals surface area contributed by atoms with E-state index in [0.29, 0.717) is 10.6 Å². The van der Waals surface area contributed by atoms with Crippen molar-refractivity contribution in [2.45, 2.75) is 18.1 Å². The van der Waals surface area contributed by atoms with Crippen LogP contribution in [0.1, 0.15) is 5.82 Å². The predicted molar refractivity (Wildman–Crippen MR) is 102 cm³/mol. The molecular weight excluding hydrogens is 405 g/mol. The molecule has 0 saturated heterocycles. The zero-order valence-corrected chi connectivity index (χ0v) is 16.1. The largest absolute Gasteiger partial charge is 0.490 e. The van der Waals surface area contributed by atoms with Crippen LogP contribution in [0.2, 0.25) is 0 Å². The van der Waals surface area contributed by atoms with Gasteiger partial charge in [-0.1, -0.05) is 12.1 Å². The summed E-state index contributed by atoms with van der Waals surface area (Å²) in [5, 5.41) is 5.06. The first-order valence-electron chi connectivity index (χ1n) is 8.43. The number of alkyl halides is 3. The maximum atomic E-state index is 13.2. The molecule has 1 atom stereocenters. The summed E-state index contributed by atoms with van der Waals surface area (Å²) >= 11 is 0. The zero-order valence-electron chi connectivity index (χ0n) is 15.3. The van der Waals surface area contributed by atoms with Gasteiger partial charge in [-0.15, -0.1) is 13.2 Å². The van der Waals surface area contributed by atoms with Crippen molar-refractivity contribution in [3.63, 3.8) is 0 Å². The van der Waals surface area contributed by atoms with Gasteiger partial charge in [-0.3, -0.25) is 14.4 Å². The molecule has 1 unspecified atom stereocenters. The van der Waals surface area contributed by atoms with Crippen molar-refractivity contribution in [3.05, 3.63) is 54.7 Å². The first-order chi connectivity index (χ1) is 13.8. The molecule has 7 nitrogen and oxygen atoms in total. The van der Waals surface area contributed by atoms with E-state index in [1.807, 2.05) is 12.1 Å². The number of nitrogens with one attached hydrogen (secondary N) is 1. The fraction of sp³-hybridized carbons (Fsp3) is 0.167. The van der Waals surface area contributed by atoms with Crippen LogP contribution in [-0.4, -0.2) is 28.5 Å². The van der Waals surface area contributed by atoms with Crippen molar-refractivity contribution in [2.75, 3.05) is 4.72 Å². The van der Waals surface area contributed by atoms with Crippen LogP contribution >= 0.6 is 0 Å². The minimum atomic E-state index is -4.61. The highest BCUT2D eigenvalue weighted by Crippen LogP contribution is 2.31. The molecule has 0 bridgehead atoms. The molecule has 0 aliphatic rings. The van der Waals surface area contributed by atoms with E-state index in [1.54, 1.807) is 24.0 Å². The molecule has 1 aromatic carbocycles. The molecular formula is C18H15F3N6OS. The Morgan fingerprint density at radius 1 is 1.07 bits per heavy atom. The van der Waals surface area contributed by atoms with Gasteiger partial charge in [0, 0.05) is 18.6 Å².